The molecule has 0 spiro atoms. The van der Waals surface area contributed by atoms with Gasteiger partial charge >= 0.3 is 0 Å². The van der Waals surface area contributed by atoms with Gasteiger partial charge in [0.2, 0.25) is 0 Å². The van der Waals surface area contributed by atoms with Gasteiger partial charge in [-0.2, -0.15) is 0 Å². The zero-order chi connectivity index (χ0) is 12.3. The first-order valence-electron chi connectivity index (χ1n) is 7.57. The smallest absolute Gasteiger partial charge is 0.00923 e. The first-order chi connectivity index (χ1) is 8.17. The van der Waals surface area contributed by atoms with Crippen LogP contribution in [-0.2, 0) is 0 Å². The highest BCUT2D eigenvalue weighted by atomic mass is 15.1. The molecule has 0 aliphatic heterocycles. The summed E-state index contributed by atoms with van der Waals surface area (Å²) in [4.78, 5) is 2.59. The average Bonchev–Trinajstić information content (AvgIpc) is 3.16. The van der Waals surface area contributed by atoms with E-state index >= 15 is 0 Å². The van der Waals surface area contributed by atoms with Gasteiger partial charge < -0.3 is 10.6 Å². The van der Waals surface area contributed by atoms with Crippen LogP contribution in [0.4, 0.5) is 0 Å². The maximum Gasteiger partial charge on any atom is 0.00923 e. The van der Waals surface area contributed by atoms with Gasteiger partial charge in [0.15, 0.2) is 0 Å². The van der Waals surface area contributed by atoms with Gasteiger partial charge in [-0.15, -0.1) is 0 Å². The number of nitrogens with two attached hydrogens (primary N) is 1. The van der Waals surface area contributed by atoms with Crippen molar-refractivity contribution >= 4 is 0 Å². The number of hydrogen-bond acceptors (Lipinski definition) is 2. The van der Waals surface area contributed by atoms with Crippen LogP contribution in [-0.4, -0.2) is 31.1 Å². The minimum Gasteiger partial charge on any atom is -0.330 e. The second kappa shape index (κ2) is 5.71. The Kier molecular flexibility index (Phi) is 4.48. The summed E-state index contributed by atoms with van der Waals surface area (Å²) in [5, 5.41) is 0. The van der Waals surface area contributed by atoms with E-state index in [9.17, 15) is 0 Å². The van der Waals surface area contributed by atoms with Crippen molar-refractivity contribution in [3.05, 3.63) is 0 Å². The third-order valence-corrected chi connectivity index (χ3v) is 5.18. The highest BCUT2D eigenvalue weighted by molar-refractivity contribution is 4.90. The van der Waals surface area contributed by atoms with E-state index in [1.807, 2.05) is 0 Å². The van der Waals surface area contributed by atoms with Crippen LogP contribution in [0.2, 0.25) is 0 Å². The van der Waals surface area contributed by atoms with E-state index in [1.165, 1.54) is 57.9 Å². The normalized spacial score (nSPS) is 26.8. The summed E-state index contributed by atoms with van der Waals surface area (Å²) in [6.07, 6.45) is 11.2. The fraction of sp³-hybridized carbons (Fsp3) is 1.00. The summed E-state index contributed by atoms with van der Waals surface area (Å²) in [6.45, 7) is 4.51. The van der Waals surface area contributed by atoms with Crippen molar-refractivity contribution in [1.82, 2.24) is 4.90 Å². The third-order valence-electron chi connectivity index (χ3n) is 5.18. The Morgan fingerprint density at radius 2 is 1.76 bits per heavy atom. The van der Waals surface area contributed by atoms with E-state index in [0.29, 0.717) is 5.41 Å². The Labute approximate surface area is 107 Å². The standard InChI is InChI=1S/C15H30N2/c1-13(14-7-8-14)17(2)12-15(11-16)9-5-3-4-6-10-15/h13-14H,3-12,16H2,1-2H3. The monoisotopic (exact) mass is 238 g/mol. The molecule has 0 aromatic rings. The van der Waals surface area contributed by atoms with Crippen molar-refractivity contribution in [3.63, 3.8) is 0 Å². The predicted octanol–water partition coefficient (Wildman–Crippen LogP) is 3.02. The Morgan fingerprint density at radius 3 is 2.24 bits per heavy atom. The molecule has 2 aliphatic carbocycles. The lowest BCUT2D eigenvalue weighted by Gasteiger charge is -2.38. The molecule has 0 saturated heterocycles. The minimum absolute atomic E-state index is 0.425. The molecule has 100 valence electrons. The first-order valence-corrected chi connectivity index (χ1v) is 7.57. The Hall–Kier alpha value is -0.0800. The van der Waals surface area contributed by atoms with Crippen LogP contribution in [0.5, 0.6) is 0 Å². The molecular formula is C15H30N2. The fourth-order valence-electron chi connectivity index (χ4n) is 3.52. The summed E-state index contributed by atoms with van der Waals surface area (Å²) in [5.74, 6) is 0.973. The Bertz CT molecular complexity index is 227. The molecule has 1 unspecified atom stereocenters. The van der Waals surface area contributed by atoms with Gasteiger partial charge in [0.25, 0.3) is 0 Å². The highest BCUT2D eigenvalue weighted by Crippen LogP contribution is 2.38. The molecule has 2 fully saturated rings. The van der Waals surface area contributed by atoms with Gasteiger partial charge in [0, 0.05) is 12.6 Å². The Morgan fingerprint density at radius 1 is 1.18 bits per heavy atom. The molecule has 2 aliphatic rings. The number of rotatable bonds is 5. The largest absolute Gasteiger partial charge is 0.330 e. The van der Waals surface area contributed by atoms with Crippen LogP contribution in [0.25, 0.3) is 0 Å². The average molecular weight is 238 g/mol. The van der Waals surface area contributed by atoms with Crippen LogP contribution < -0.4 is 5.73 Å². The lowest BCUT2D eigenvalue weighted by molar-refractivity contribution is 0.120. The molecule has 2 rings (SSSR count). The lowest BCUT2D eigenvalue weighted by atomic mass is 9.79. The maximum absolute atomic E-state index is 6.12. The van der Waals surface area contributed by atoms with E-state index in [-0.39, 0.29) is 0 Å². The summed E-state index contributed by atoms with van der Waals surface area (Å²) in [7, 11) is 2.31. The fourth-order valence-corrected chi connectivity index (χ4v) is 3.52. The molecule has 2 heteroatoms. The van der Waals surface area contributed by atoms with E-state index in [2.05, 4.69) is 18.9 Å². The SMILES string of the molecule is CC(C1CC1)N(C)CC1(CN)CCCCCC1. The van der Waals surface area contributed by atoms with Crippen molar-refractivity contribution in [2.45, 2.75) is 64.3 Å². The van der Waals surface area contributed by atoms with E-state index in [1.54, 1.807) is 0 Å². The molecule has 0 aromatic carbocycles. The van der Waals surface area contributed by atoms with Crippen molar-refractivity contribution in [3.8, 4) is 0 Å². The van der Waals surface area contributed by atoms with Gasteiger partial charge in [0.05, 0.1) is 0 Å². The topological polar surface area (TPSA) is 29.3 Å². The van der Waals surface area contributed by atoms with Crippen LogP contribution in [0.15, 0.2) is 0 Å². The molecule has 17 heavy (non-hydrogen) atoms. The van der Waals surface area contributed by atoms with Crippen LogP contribution in [0, 0.1) is 11.3 Å². The molecule has 0 radical (unpaired) electrons. The molecule has 2 N–H and O–H groups in total. The first kappa shape index (κ1) is 13.4. The highest BCUT2D eigenvalue weighted by Gasteiger charge is 2.35. The van der Waals surface area contributed by atoms with Gasteiger partial charge in [-0.25, -0.2) is 0 Å². The van der Waals surface area contributed by atoms with Crippen LogP contribution in [0.1, 0.15) is 58.3 Å². The number of nitrogens with zero attached hydrogens (tertiary/aromatic N) is 1. The quantitative estimate of drug-likeness (QED) is 0.746. The molecule has 1 atom stereocenters. The van der Waals surface area contributed by atoms with Gasteiger partial charge in [-0.3, -0.25) is 0 Å². The van der Waals surface area contributed by atoms with Crippen LogP contribution in [0.3, 0.4) is 0 Å². The summed E-state index contributed by atoms with van der Waals surface area (Å²) >= 11 is 0. The zero-order valence-electron chi connectivity index (χ0n) is 11.8. The molecule has 0 amide bonds. The van der Waals surface area contributed by atoms with Gasteiger partial charge in [-0.1, -0.05) is 25.7 Å². The molecule has 2 nitrogen and oxygen atoms in total. The van der Waals surface area contributed by atoms with Crippen molar-refractivity contribution in [2.24, 2.45) is 17.1 Å². The van der Waals surface area contributed by atoms with E-state index in [0.717, 1.165) is 18.5 Å². The van der Waals surface area contributed by atoms with Crippen molar-refractivity contribution in [2.75, 3.05) is 20.1 Å². The molecule has 0 aromatic heterocycles. The van der Waals surface area contributed by atoms with Crippen LogP contribution >= 0.6 is 0 Å². The molecule has 0 heterocycles. The summed E-state index contributed by atoms with van der Waals surface area (Å²) < 4.78 is 0. The molecule has 2 saturated carbocycles. The van der Waals surface area contributed by atoms with Crippen molar-refractivity contribution < 1.29 is 0 Å². The second-order valence-electron chi connectivity index (χ2n) is 6.61. The Balaban J connectivity index is 1.91. The van der Waals surface area contributed by atoms with Crippen molar-refractivity contribution in [1.29, 1.82) is 0 Å². The summed E-state index contributed by atoms with van der Waals surface area (Å²) in [6, 6.07) is 0.765. The number of hydrogen-bond donors (Lipinski definition) is 1. The lowest BCUT2D eigenvalue weighted by Crippen LogP contribution is -2.44. The summed E-state index contributed by atoms with van der Waals surface area (Å²) in [5.41, 5.74) is 6.55. The minimum atomic E-state index is 0.425. The van der Waals surface area contributed by atoms with Gasteiger partial charge in [0.1, 0.15) is 0 Å². The molecule has 0 bridgehead atoms. The maximum atomic E-state index is 6.12. The predicted molar refractivity (Wildman–Crippen MR) is 74.0 cm³/mol. The van der Waals surface area contributed by atoms with E-state index < -0.39 is 0 Å². The zero-order valence-corrected chi connectivity index (χ0v) is 11.8. The van der Waals surface area contributed by atoms with E-state index in [4.69, 9.17) is 5.73 Å². The molecular weight excluding hydrogens is 208 g/mol. The van der Waals surface area contributed by atoms with Gasteiger partial charge in [-0.05, 0) is 57.5 Å². The third kappa shape index (κ3) is 3.45. The second-order valence-corrected chi connectivity index (χ2v) is 6.61.